The number of Topliss-reactive ketones (excluding diaryl/α,β-unsaturated/α-hetero) is 1. The quantitative estimate of drug-likeness (QED) is 0.255. The van der Waals surface area contributed by atoms with Gasteiger partial charge >= 0.3 is 5.97 Å². The lowest BCUT2D eigenvalue weighted by Crippen LogP contribution is -2.39. The van der Waals surface area contributed by atoms with Crippen molar-refractivity contribution in [1.82, 2.24) is 0 Å². The summed E-state index contributed by atoms with van der Waals surface area (Å²) < 4.78 is 5.67. The Labute approximate surface area is 247 Å². The molecule has 4 atom stereocenters. The topological polar surface area (TPSA) is 159 Å². The number of rotatable bonds is 4. The van der Waals surface area contributed by atoms with Gasteiger partial charge in [0.1, 0.15) is 11.3 Å². The molecule has 0 unspecified atom stereocenters. The van der Waals surface area contributed by atoms with Gasteiger partial charge in [0, 0.05) is 28.7 Å². The summed E-state index contributed by atoms with van der Waals surface area (Å²) in [6, 6.07) is 6.74. The SMILES string of the molecule is COc1cc([C@H]2C3=CC[C@@H]4C(=O)N(c5ccc(C(=O)O)c(O)c5)C(=O)[C@@H]4[C@@H]3CC3=C2C(=O)C=C(C)C3=O)cc(Br)c1O. The predicted molar refractivity (Wildman–Crippen MR) is 151 cm³/mol. The van der Waals surface area contributed by atoms with Crippen LogP contribution in [0, 0.1) is 17.8 Å². The number of methoxy groups -OCH3 is 1. The number of nitrogens with zero attached hydrogens (tertiary/aromatic N) is 1. The molecule has 4 aliphatic rings. The van der Waals surface area contributed by atoms with Crippen molar-refractivity contribution < 1.29 is 44.0 Å². The van der Waals surface area contributed by atoms with Gasteiger partial charge in [0.25, 0.3) is 0 Å². The number of aromatic hydroxyl groups is 2. The minimum atomic E-state index is -1.36. The number of fused-ring (bicyclic) bond motifs is 3. The number of ether oxygens (including phenoxy) is 1. The highest BCUT2D eigenvalue weighted by molar-refractivity contribution is 9.10. The highest BCUT2D eigenvalue weighted by Gasteiger charge is 2.56. The van der Waals surface area contributed by atoms with E-state index in [9.17, 15) is 39.3 Å². The average Bonchev–Trinajstić information content (AvgIpc) is 3.21. The first-order chi connectivity index (χ1) is 19.9. The molecule has 2 aromatic carbocycles. The minimum Gasteiger partial charge on any atom is -0.507 e. The Bertz CT molecular complexity index is 1750. The smallest absolute Gasteiger partial charge is 0.339 e. The van der Waals surface area contributed by atoms with Crippen LogP contribution in [0.15, 0.2) is 69.2 Å². The fourth-order valence-electron chi connectivity index (χ4n) is 6.77. The molecule has 11 heteroatoms. The summed E-state index contributed by atoms with van der Waals surface area (Å²) in [5.74, 6) is -6.49. The van der Waals surface area contributed by atoms with Crippen molar-refractivity contribution in [2.75, 3.05) is 12.0 Å². The van der Waals surface area contributed by atoms with E-state index in [-0.39, 0.29) is 58.3 Å². The van der Waals surface area contributed by atoms with E-state index in [1.807, 2.05) is 6.08 Å². The van der Waals surface area contributed by atoms with Gasteiger partial charge in [-0.25, -0.2) is 9.69 Å². The van der Waals surface area contributed by atoms with Gasteiger partial charge in [-0.1, -0.05) is 11.6 Å². The van der Waals surface area contributed by atoms with Gasteiger partial charge in [0.05, 0.1) is 29.1 Å². The number of carbonyl (C=O) groups excluding carboxylic acids is 4. The van der Waals surface area contributed by atoms with Crippen molar-refractivity contribution >= 4 is 51.0 Å². The molecule has 3 N–H and O–H groups in total. The number of phenols is 2. The molecule has 0 spiro atoms. The maximum atomic E-state index is 14.0. The summed E-state index contributed by atoms with van der Waals surface area (Å²) in [7, 11) is 1.39. The molecule has 1 fully saturated rings. The standard InChI is InChI=1S/C31H24BrNO9/c1-12-7-22(35)26-19(27(12)36)11-18-15(24(26)13-8-20(32)28(37)23(9-13)42-2)5-6-17-25(18)30(39)33(29(17)38)14-3-4-16(31(40)41)21(34)10-14/h3-5,7-10,17-18,24-25,34,37H,6,11H2,1-2H3,(H,40,41)/t17-,18+,24-,25-/m0/s1. The summed E-state index contributed by atoms with van der Waals surface area (Å²) in [4.78, 5) is 66.8. The number of aromatic carboxylic acids is 1. The Morgan fingerprint density at radius 1 is 1.05 bits per heavy atom. The van der Waals surface area contributed by atoms with Crippen LogP contribution in [0.5, 0.6) is 17.2 Å². The van der Waals surface area contributed by atoms with Gasteiger partial charge in [-0.2, -0.15) is 0 Å². The first-order valence-electron chi connectivity index (χ1n) is 13.1. The first-order valence-corrected chi connectivity index (χ1v) is 13.9. The van der Waals surface area contributed by atoms with E-state index in [4.69, 9.17) is 4.74 Å². The third-order valence-corrected chi connectivity index (χ3v) is 9.24. The van der Waals surface area contributed by atoms with Gasteiger partial charge in [0.2, 0.25) is 11.8 Å². The summed E-state index contributed by atoms with van der Waals surface area (Å²) in [6.45, 7) is 1.56. The van der Waals surface area contributed by atoms with E-state index in [0.717, 1.165) is 22.6 Å². The number of anilines is 1. The van der Waals surface area contributed by atoms with Crippen LogP contribution < -0.4 is 9.64 Å². The van der Waals surface area contributed by atoms with E-state index in [0.29, 0.717) is 15.6 Å². The van der Waals surface area contributed by atoms with Crippen LogP contribution in [0.4, 0.5) is 5.69 Å². The van der Waals surface area contributed by atoms with Crippen LogP contribution in [0.25, 0.3) is 0 Å². The fourth-order valence-corrected chi connectivity index (χ4v) is 7.23. The Morgan fingerprint density at radius 2 is 1.79 bits per heavy atom. The molecule has 1 heterocycles. The molecule has 1 aliphatic heterocycles. The van der Waals surface area contributed by atoms with Crippen molar-refractivity contribution in [1.29, 1.82) is 0 Å². The average molecular weight is 634 g/mol. The lowest BCUT2D eigenvalue weighted by molar-refractivity contribution is -0.123. The maximum Gasteiger partial charge on any atom is 0.339 e. The number of imide groups is 1. The van der Waals surface area contributed by atoms with Crippen molar-refractivity contribution in [3.05, 3.63) is 80.4 Å². The number of phenolic OH excluding ortho intramolecular Hbond substituents is 1. The van der Waals surface area contributed by atoms with E-state index >= 15 is 0 Å². The predicted octanol–water partition coefficient (Wildman–Crippen LogP) is 4.20. The third kappa shape index (κ3) is 3.94. The van der Waals surface area contributed by atoms with Gasteiger partial charge in [0.15, 0.2) is 23.1 Å². The number of ketones is 2. The summed E-state index contributed by atoms with van der Waals surface area (Å²) in [5, 5.41) is 29.9. The molecule has 0 aromatic heterocycles. The Kier molecular flexibility index (Phi) is 6.45. The largest absolute Gasteiger partial charge is 0.507 e. The molecule has 0 bridgehead atoms. The summed E-state index contributed by atoms with van der Waals surface area (Å²) in [5.41, 5.74) is 1.84. The van der Waals surface area contributed by atoms with Crippen LogP contribution in [0.3, 0.4) is 0 Å². The van der Waals surface area contributed by atoms with E-state index in [1.54, 1.807) is 19.1 Å². The molecule has 6 rings (SSSR count). The molecule has 2 amide bonds. The number of hydrogen-bond acceptors (Lipinski definition) is 8. The second-order valence-electron chi connectivity index (χ2n) is 10.8. The van der Waals surface area contributed by atoms with Crippen LogP contribution in [-0.4, -0.2) is 51.8 Å². The number of amides is 2. The number of allylic oxidation sites excluding steroid dienone is 6. The number of hydrogen-bond donors (Lipinski definition) is 3. The molecular formula is C31H24BrNO9. The minimum absolute atomic E-state index is 0.0469. The van der Waals surface area contributed by atoms with E-state index in [1.165, 1.54) is 19.3 Å². The van der Waals surface area contributed by atoms with Crippen molar-refractivity contribution in [3.63, 3.8) is 0 Å². The van der Waals surface area contributed by atoms with Crippen LogP contribution in [-0.2, 0) is 19.2 Å². The van der Waals surface area contributed by atoms with Crippen LogP contribution in [0.1, 0.15) is 41.6 Å². The molecule has 2 aromatic rings. The van der Waals surface area contributed by atoms with E-state index in [2.05, 4.69) is 15.9 Å². The van der Waals surface area contributed by atoms with Gasteiger partial charge < -0.3 is 20.1 Å². The molecule has 3 aliphatic carbocycles. The molecule has 0 radical (unpaired) electrons. The highest BCUT2D eigenvalue weighted by Crippen LogP contribution is 2.56. The maximum absolute atomic E-state index is 14.0. The number of benzene rings is 2. The van der Waals surface area contributed by atoms with Crippen LogP contribution in [0.2, 0.25) is 0 Å². The number of carboxylic acid groups (broad SMARTS) is 1. The third-order valence-electron chi connectivity index (χ3n) is 8.64. The second-order valence-corrected chi connectivity index (χ2v) is 11.7. The zero-order valence-corrected chi connectivity index (χ0v) is 24.0. The first kappa shape index (κ1) is 27.6. The fraction of sp³-hybridized carbons (Fsp3) is 0.258. The number of carbonyl (C=O) groups is 5. The normalized spacial score (nSPS) is 25.1. The summed E-state index contributed by atoms with van der Waals surface area (Å²) >= 11 is 3.34. The lowest BCUT2D eigenvalue weighted by atomic mass is 9.59. The Hall–Kier alpha value is -4.51. The van der Waals surface area contributed by atoms with Crippen LogP contribution >= 0.6 is 15.9 Å². The zero-order chi connectivity index (χ0) is 30.2. The van der Waals surface area contributed by atoms with Gasteiger partial charge in [-0.3, -0.25) is 19.2 Å². The molecule has 0 saturated carbocycles. The zero-order valence-electron chi connectivity index (χ0n) is 22.4. The molecular weight excluding hydrogens is 610 g/mol. The molecule has 42 heavy (non-hydrogen) atoms. The Balaban J connectivity index is 1.48. The molecule has 10 nitrogen and oxygen atoms in total. The monoisotopic (exact) mass is 633 g/mol. The van der Waals surface area contributed by atoms with Gasteiger partial charge in [-0.05, 0) is 77.5 Å². The second kappa shape index (κ2) is 9.80. The van der Waals surface area contributed by atoms with Gasteiger partial charge in [-0.15, -0.1) is 0 Å². The molecule has 1 saturated heterocycles. The van der Waals surface area contributed by atoms with E-state index < -0.39 is 47.2 Å². The van der Waals surface area contributed by atoms with Crippen molar-refractivity contribution in [3.8, 4) is 17.2 Å². The molecule has 214 valence electrons. The lowest BCUT2D eigenvalue weighted by Gasteiger charge is -2.42. The summed E-state index contributed by atoms with van der Waals surface area (Å²) in [6.07, 6.45) is 3.45. The van der Waals surface area contributed by atoms with Crippen molar-refractivity contribution in [2.45, 2.75) is 25.7 Å². The number of carboxylic acids is 1. The Morgan fingerprint density at radius 3 is 2.45 bits per heavy atom. The number of halogens is 1. The highest BCUT2D eigenvalue weighted by atomic mass is 79.9. The van der Waals surface area contributed by atoms with Crippen molar-refractivity contribution in [2.24, 2.45) is 17.8 Å².